The zero-order chi connectivity index (χ0) is 14.7. The fraction of sp³-hybridized carbons (Fsp3) is 0.105. The quantitative estimate of drug-likeness (QED) is 0.644. The zero-order valence-corrected chi connectivity index (χ0v) is 11.9. The molecule has 21 heavy (non-hydrogen) atoms. The average Bonchev–Trinajstić information content (AvgIpc) is 2.93. The van der Waals surface area contributed by atoms with Crippen LogP contribution in [0.1, 0.15) is 28.4 Å². The van der Waals surface area contributed by atoms with Gasteiger partial charge in [0.25, 0.3) is 0 Å². The lowest BCUT2D eigenvalue weighted by Gasteiger charge is -2.03. The summed E-state index contributed by atoms with van der Waals surface area (Å²) in [6.07, 6.45) is 2.40. The molecule has 1 aromatic heterocycles. The van der Waals surface area contributed by atoms with E-state index in [0.717, 1.165) is 11.1 Å². The van der Waals surface area contributed by atoms with Crippen LogP contribution in [-0.4, -0.2) is 5.78 Å². The lowest BCUT2D eigenvalue weighted by Crippen LogP contribution is -1.99. The maximum atomic E-state index is 12.1. The van der Waals surface area contributed by atoms with Crippen molar-refractivity contribution < 1.29 is 9.21 Å². The molecule has 0 radical (unpaired) electrons. The topological polar surface area (TPSA) is 30.2 Å². The van der Waals surface area contributed by atoms with Crippen molar-refractivity contribution in [2.45, 2.75) is 13.3 Å². The van der Waals surface area contributed by atoms with Crippen molar-refractivity contribution in [1.82, 2.24) is 0 Å². The molecule has 0 atom stereocenters. The summed E-state index contributed by atoms with van der Waals surface area (Å²) in [6, 6.07) is 19.8. The molecule has 2 heteroatoms. The van der Waals surface area contributed by atoms with Crippen LogP contribution in [0.25, 0.3) is 11.3 Å². The van der Waals surface area contributed by atoms with Gasteiger partial charge < -0.3 is 4.42 Å². The number of rotatable bonds is 4. The lowest BCUT2D eigenvalue weighted by atomic mass is 9.98. The summed E-state index contributed by atoms with van der Waals surface area (Å²) in [4.78, 5) is 12.1. The molecule has 0 saturated carbocycles. The Morgan fingerprint density at radius 2 is 1.57 bits per heavy atom. The van der Waals surface area contributed by atoms with Crippen molar-refractivity contribution >= 4 is 5.78 Å². The van der Waals surface area contributed by atoms with Crippen LogP contribution < -0.4 is 0 Å². The Kier molecular flexibility index (Phi) is 3.69. The molecule has 0 fully saturated rings. The monoisotopic (exact) mass is 276 g/mol. The molecule has 0 aliphatic rings. The van der Waals surface area contributed by atoms with E-state index >= 15 is 0 Å². The zero-order valence-electron chi connectivity index (χ0n) is 11.9. The first kappa shape index (κ1) is 13.4. The summed E-state index contributed by atoms with van der Waals surface area (Å²) in [5, 5.41) is 0. The van der Waals surface area contributed by atoms with Gasteiger partial charge in [0, 0.05) is 17.5 Å². The first-order valence-electron chi connectivity index (χ1n) is 6.96. The van der Waals surface area contributed by atoms with Gasteiger partial charge in [-0.1, -0.05) is 60.7 Å². The average molecular weight is 276 g/mol. The molecule has 1 heterocycles. The third-order valence-electron chi connectivity index (χ3n) is 3.49. The summed E-state index contributed by atoms with van der Waals surface area (Å²) in [5.74, 6) is 0.697. The standard InChI is InChI=1S/C19H16O2/c1-14(20)18-17(12-15-8-4-2-5-9-15)13-21-19(18)16-10-6-3-7-11-16/h2-11,13H,12H2,1H3. The molecule has 3 rings (SSSR count). The van der Waals surface area contributed by atoms with E-state index in [2.05, 4.69) is 12.1 Å². The van der Waals surface area contributed by atoms with Crippen LogP contribution in [0.5, 0.6) is 0 Å². The third-order valence-corrected chi connectivity index (χ3v) is 3.49. The van der Waals surface area contributed by atoms with Crippen LogP contribution in [-0.2, 0) is 6.42 Å². The Labute approximate surface area is 124 Å². The Hall–Kier alpha value is -2.61. The van der Waals surface area contributed by atoms with Gasteiger partial charge in [-0.15, -0.1) is 0 Å². The number of hydrogen-bond acceptors (Lipinski definition) is 2. The second-order valence-electron chi connectivity index (χ2n) is 5.05. The van der Waals surface area contributed by atoms with Gasteiger partial charge in [0.15, 0.2) is 5.78 Å². The predicted molar refractivity (Wildman–Crippen MR) is 83.4 cm³/mol. The van der Waals surface area contributed by atoms with E-state index in [4.69, 9.17) is 4.42 Å². The summed E-state index contributed by atoms with van der Waals surface area (Å²) >= 11 is 0. The molecule has 2 nitrogen and oxygen atoms in total. The van der Waals surface area contributed by atoms with Gasteiger partial charge >= 0.3 is 0 Å². The minimum Gasteiger partial charge on any atom is -0.463 e. The normalized spacial score (nSPS) is 10.5. The van der Waals surface area contributed by atoms with Crippen LogP contribution in [0.2, 0.25) is 0 Å². The molecule has 0 aliphatic carbocycles. The second-order valence-corrected chi connectivity index (χ2v) is 5.05. The van der Waals surface area contributed by atoms with Crippen LogP contribution in [0.3, 0.4) is 0 Å². The smallest absolute Gasteiger partial charge is 0.163 e. The molecule has 0 N–H and O–H groups in total. The van der Waals surface area contributed by atoms with Crippen LogP contribution in [0, 0.1) is 0 Å². The van der Waals surface area contributed by atoms with Gasteiger partial charge in [-0.05, 0) is 12.5 Å². The molecule has 0 amide bonds. The largest absolute Gasteiger partial charge is 0.463 e. The van der Waals surface area contributed by atoms with E-state index in [-0.39, 0.29) is 5.78 Å². The summed E-state index contributed by atoms with van der Waals surface area (Å²) in [5.41, 5.74) is 3.72. The minimum absolute atomic E-state index is 0.0357. The van der Waals surface area contributed by atoms with Gasteiger partial charge in [-0.3, -0.25) is 4.79 Å². The fourth-order valence-corrected chi connectivity index (χ4v) is 2.53. The van der Waals surface area contributed by atoms with Crippen molar-refractivity contribution in [2.24, 2.45) is 0 Å². The number of hydrogen-bond donors (Lipinski definition) is 0. The summed E-state index contributed by atoms with van der Waals surface area (Å²) in [7, 11) is 0. The predicted octanol–water partition coefficient (Wildman–Crippen LogP) is 4.74. The molecule has 3 aromatic rings. The first-order valence-corrected chi connectivity index (χ1v) is 6.96. The molecule has 104 valence electrons. The molecule has 0 spiro atoms. The van der Waals surface area contributed by atoms with Gasteiger partial charge in [-0.2, -0.15) is 0 Å². The Morgan fingerprint density at radius 3 is 2.19 bits per heavy atom. The molecule has 0 unspecified atom stereocenters. The molecular weight excluding hydrogens is 260 g/mol. The number of carbonyl (C=O) groups excluding carboxylic acids is 1. The number of Topliss-reactive ketones (excluding diaryl/α,β-unsaturated/α-hetero) is 1. The van der Waals surface area contributed by atoms with E-state index in [1.54, 1.807) is 13.2 Å². The van der Waals surface area contributed by atoms with E-state index in [9.17, 15) is 4.79 Å². The molecule has 0 bridgehead atoms. The SMILES string of the molecule is CC(=O)c1c(Cc2ccccc2)coc1-c1ccccc1. The van der Waals surface area contributed by atoms with Crippen LogP contribution >= 0.6 is 0 Å². The molecular formula is C19H16O2. The van der Waals surface area contributed by atoms with E-state index in [1.807, 2.05) is 48.5 Å². The number of carbonyl (C=O) groups is 1. The highest BCUT2D eigenvalue weighted by atomic mass is 16.3. The van der Waals surface area contributed by atoms with Gasteiger partial charge in [0.05, 0.1) is 11.8 Å². The number of benzene rings is 2. The van der Waals surface area contributed by atoms with Gasteiger partial charge in [-0.25, -0.2) is 0 Å². The number of furan rings is 1. The first-order chi connectivity index (χ1) is 10.3. The lowest BCUT2D eigenvalue weighted by molar-refractivity contribution is 0.101. The summed E-state index contributed by atoms with van der Waals surface area (Å²) < 4.78 is 5.69. The Morgan fingerprint density at radius 1 is 0.952 bits per heavy atom. The Balaban J connectivity index is 2.03. The van der Waals surface area contributed by atoms with Crippen molar-refractivity contribution in [2.75, 3.05) is 0 Å². The highest BCUT2D eigenvalue weighted by Crippen LogP contribution is 2.30. The van der Waals surface area contributed by atoms with Crippen molar-refractivity contribution in [3.05, 3.63) is 83.6 Å². The van der Waals surface area contributed by atoms with Gasteiger partial charge in [0.2, 0.25) is 0 Å². The van der Waals surface area contributed by atoms with E-state index in [0.29, 0.717) is 17.7 Å². The maximum absolute atomic E-state index is 12.1. The second kappa shape index (κ2) is 5.80. The Bertz CT molecular complexity index is 740. The van der Waals surface area contributed by atoms with E-state index in [1.165, 1.54) is 5.56 Å². The van der Waals surface area contributed by atoms with Crippen LogP contribution in [0.15, 0.2) is 71.3 Å². The van der Waals surface area contributed by atoms with Gasteiger partial charge in [0.1, 0.15) is 5.76 Å². The van der Waals surface area contributed by atoms with Crippen molar-refractivity contribution in [1.29, 1.82) is 0 Å². The molecule has 0 aliphatic heterocycles. The highest BCUT2D eigenvalue weighted by Gasteiger charge is 2.19. The third kappa shape index (κ3) is 2.79. The van der Waals surface area contributed by atoms with Crippen molar-refractivity contribution in [3.63, 3.8) is 0 Å². The molecule has 2 aromatic carbocycles. The van der Waals surface area contributed by atoms with E-state index < -0.39 is 0 Å². The van der Waals surface area contributed by atoms with Crippen LogP contribution in [0.4, 0.5) is 0 Å². The minimum atomic E-state index is 0.0357. The molecule has 0 saturated heterocycles. The maximum Gasteiger partial charge on any atom is 0.163 e. The highest BCUT2D eigenvalue weighted by molar-refractivity contribution is 6.01. The number of ketones is 1. The van der Waals surface area contributed by atoms with Crippen molar-refractivity contribution in [3.8, 4) is 11.3 Å². The summed E-state index contributed by atoms with van der Waals surface area (Å²) in [6.45, 7) is 1.59. The fourth-order valence-electron chi connectivity index (χ4n) is 2.53.